The fraction of sp³-hybridized carbons (Fsp3) is 0.409. The van der Waals surface area contributed by atoms with Crippen LogP contribution in [0.15, 0.2) is 53.4 Å². The van der Waals surface area contributed by atoms with E-state index in [2.05, 4.69) is 4.72 Å². The summed E-state index contributed by atoms with van der Waals surface area (Å²) in [6.45, 7) is 3.16. The maximum absolute atomic E-state index is 13.1. The van der Waals surface area contributed by atoms with Gasteiger partial charge in [-0.05, 0) is 43.5 Å². The number of likely N-dealkylation sites (tertiary alicyclic amines) is 1. The van der Waals surface area contributed by atoms with Gasteiger partial charge in [-0.25, -0.2) is 13.1 Å². The van der Waals surface area contributed by atoms with E-state index in [1.807, 2.05) is 30.3 Å². The van der Waals surface area contributed by atoms with Crippen LogP contribution in [0.5, 0.6) is 5.75 Å². The Kier molecular flexibility index (Phi) is 6.92. The molecule has 0 saturated carbocycles. The van der Waals surface area contributed by atoms with E-state index in [0.717, 1.165) is 31.2 Å². The summed E-state index contributed by atoms with van der Waals surface area (Å²) in [6, 6.07) is 13.4. The Labute approximate surface area is 172 Å². The number of rotatable bonds is 6. The van der Waals surface area contributed by atoms with Crippen molar-refractivity contribution in [3.05, 3.63) is 59.7 Å². The second kappa shape index (κ2) is 9.41. The highest BCUT2D eigenvalue weighted by Crippen LogP contribution is 2.26. The monoisotopic (exact) mass is 416 g/mol. The molecular weight excluding hydrogens is 388 g/mol. The van der Waals surface area contributed by atoms with Gasteiger partial charge in [0.2, 0.25) is 10.0 Å². The van der Waals surface area contributed by atoms with Gasteiger partial charge >= 0.3 is 0 Å². The van der Waals surface area contributed by atoms with Crippen LogP contribution in [0.2, 0.25) is 0 Å². The summed E-state index contributed by atoms with van der Waals surface area (Å²) in [5.41, 5.74) is 1.15. The Morgan fingerprint density at radius 3 is 2.31 bits per heavy atom. The molecule has 3 rings (SSSR count). The number of sulfonamides is 1. The number of methoxy groups -OCH3 is 1. The molecule has 1 aliphatic rings. The zero-order chi connectivity index (χ0) is 20.9. The number of carbonyl (C=O) groups is 1. The molecule has 1 N–H and O–H groups in total. The molecule has 2 aromatic carbocycles. The van der Waals surface area contributed by atoms with E-state index in [4.69, 9.17) is 4.74 Å². The standard InChI is InChI=1S/C22H28N2O4S/c1-17(18-10-6-5-7-11-18)23-29(26,27)19-12-13-21(28-2)20(16-19)22(25)24-14-8-3-4-9-15-24/h5-7,10-13,16-17,23H,3-4,8-9,14-15H2,1-2H3/t17-/m1/s1. The van der Waals surface area contributed by atoms with Crippen LogP contribution in [0.3, 0.4) is 0 Å². The fourth-order valence-electron chi connectivity index (χ4n) is 3.58. The zero-order valence-corrected chi connectivity index (χ0v) is 17.7. The van der Waals surface area contributed by atoms with Gasteiger partial charge in [0.25, 0.3) is 5.91 Å². The molecule has 0 bridgehead atoms. The Hall–Kier alpha value is -2.38. The van der Waals surface area contributed by atoms with E-state index >= 15 is 0 Å². The molecule has 1 amide bonds. The summed E-state index contributed by atoms with van der Waals surface area (Å²) < 4.78 is 33.9. The molecule has 1 heterocycles. The number of hydrogen-bond acceptors (Lipinski definition) is 4. The maximum atomic E-state index is 13.1. The normalized spacial score (nSPS) is 16.1. The summed E-state index contributed by atoms with van der Waals surface area (Å²) >= 11 is 0. The minimum atomic E-state index is -3.80. The van der Waals surface area contributed by atoms with Gasteiger partial charge < -0.3 is 9.64 Å². The molecule has 156 valence electrons. The van der Waals surface area contributed by atoms with Gasteiger partial charge in [-0.3, -0.25) is 4.79 Å². The summed E-state index contributed by atoms with van der Waals surface area (Å²) in [6.07, 6.45) is 4.14. The summed E-state index contributed by atoms with van der Waals surface area (Å²) in [7, 11) is -2.32. The van der Waals surface area contributed by atoms with Gasteiger partial charge in [-0.2, -0.15) is 0 Å². The molecular formula is C22H28N2O4S. The molecule has 0 aliphatic carbocycles. The Morgan fingerprint density at radius 1 is 1.03 bits per heavy atom. The minimum Gasteiger partial charge on any atom is -0.496 e. The van der Waals surface area contributed by atoms with Gasteiger partial charge in [0.05, 0.1) is 17.6 Å². The predicted molar refractivity (Wildman–Crippen MR) is 113 cm³/mol. The number of nitrogens with zero attached hydrogens (tertiary/aromatic N) is 1. The predicted octanol–water partition coefficient (Wildman–Crippen LogP) is 3.75. The molecule has 7 heteroatoms. The Morgan fingerprint density at radius 2 is 1.69 bits per heavy atom. The largest absolute Gasteiger partial charge is 0.496 e. The Balaban J connectivity index is 1.87. The molecule has 1 saturated heterocycles. The van der Waals surface area contributed by atoms with Crippen LogP contribution in [0.1, 0.15) is 54.6 Å². The number of ether oxygens (including phenoxy) is 1. The molecule has 6 nitrogen and oxygen atoms in total. The first-order valence-corrected chi connectivity index (χ1v) is 11.5. The van der Waals surface area contributed by atoms with Crippen molar-refractivity contribution in [2.75, 3.05) is 20.2 Å². The van der Waals surface area contributed by atoms with E-state index in [0.29, 0.717) is 18.8 Å². The van der Waals surface area contributed by atoms with E-state index < -0.39 is 16.1 Å². The lowest BCUT2D eigenvalue weighted by Crippen LogP contribution is -2.32. The van der Waals surface area contributed by atoms with Gasteiger partial charge in [-0.15, -0.1) is 0 Å². The minimum absolute atomic E-state index is 0.0549. The molecule has 1 fully saturated rings. The first-order valence-electron chi connectivity index (χ1n) is 9.97. The van der Waals surface area contributed by atoms with Crippen LogP contribution in [0, 0.1) is 0 Å². The second-order valence-corrected chi connectivity index (χ2v) is 9.04. The highest BCUT2D eigenvalue weighted by atomic mass is 32.2. The lowest BCUT2D eigenvalue weighted by molar-refractivity contribution is 0.0758. The third-order valence-corrected chi connectivity index (χ3v) is 6.77. The van der Waals surface area contributed by atoms with Gasteiger partial charge in [0.1, 0.15) is 5.75 Å². The lowest BCUT2D eigenvalue weighted by Gasteiger charge is -2.22. The molecule has 1 aliphatic heterocycles. The smallest absolute Gasteiger partial charge is 0.257 e. The van der Waals surface area contributed by atoms with Gasteiger partial charge in [0, 0.05) is 19.1 Å². The van der Waals surface area contributed by atoms with Crippen LogP contribution < -0.4 is 9.46 Å². The quantitative estimate of drug-likeness (QED) is 0.778. The number of nitrogens with one attached hydrogen (secondary N) is 1. The third kappa shape index (κ3) is 5.16. The second-order valence-electron chi connectivity index (χ2n) is 7.32. The zero-order valence-electron chi connectivity index (χ0n) is 16.9. The number of benzene rings is 2. The van der Waals surface area contributed by atoms with E-state index in [9.17, 15) is 13.2 Å². The van der Waals surface area contributed by atoms with Crippen molar-refractivity contribution in [3.63, 3.8) is 0 Å². The van der Waals surface area contributed by atoms with Crippen LogP contribution in [-0.2, 0) is 10.0 Å². The number of hydrogen-bond donors (Lipinski definition) is 1. The number of carbonyl (C=O) groups excluding carboxylic acids is 1. The first-order chi connectivity index (χ1) is 13.9. The number of amides is 1. The average Bonchev–Trinajstić information content (AvgIpc) is 3.02. The molecule has 29 heavy (non-hydrogen) atoms. The summed E-state index contributed by atoms with van der Waals surface area (Å²) in [4.78, 5) is 14.9. The molecule has 0 unspecified atom stereocenters. The van der Waals surface area contributed by atoms with Crippen molar-refractivity contribution in [1.29, 1.82) is 0 Å². The van der Waals surface area contributed by atoms with Crippen LogP contribution in [0.4, 0.5) is 0 Å². The van der Waals surface area contributed by atoms with Crippen molar-refractivity contribution < 1.29 is 17.9 Å². The van der Waals surface area contributed by atoms with Crippen molar-refractivity contribution in [2.45, 2.75) is 43.5 Å². The van der Waals surface area contributed by atoms with Crippen molar-refractivity contribution in [2.24, 2.45) is 0 Å². The summed E-state index contributed by atoms with van der Waals surface area (Å²) in [5.74, 6) is 0.200. The Bertz CT molecular complexity index is 937. The van der Waals surface area contributed by atoms with Crippen molar-refractivity contribution in [3.8, 4) is 5.75 Å². The lowest BCUT2D eigenvalue weighted by atomic mass is 10.1. The van der Waals surface area contributed by atoms with E-state index in [-0.39, 0.29) is 16.4 Å². The van der Waals surface area contributed by atoms with E-state index in [1.54, 1.807) is 17.9 Å². The molecule has 0 spiro atoms. The summed E-state index contributed by atoms with van der Waals surface area (Å²) in [5, 5.41) is 0. The van der Waals surface area contributed by atoms with Crippen molar-refractivity contribution >= 4 is 15.9 Å². The topological polar surface area (TPSA) is 75.7 Å². The average molecular weight is 417 g/mol. The van der Waals surface area contributed by atoms with Crippen LogP contribution in [0.25, 0.3) is 0 Å². The van der Waals surface area contributed by atoms with Crippen molar-refractivity contribution in [1.82, 2.24) is 9.62 Å². The SMILES string of the molecule is COc1ccc(S(=O)(=O)N[C@H](C)c2ccccc2)cc1C(=O)N1CCCCCC1. The van der Waals surface area contributed by atoms with E-state index in [1.165, 1.54) is 19.2 Å². The van der Waals surface area contributed by atoms with Crippen LogP contribution >= 0.6 is 0 Å². The first kappa shape index (κ1) is 21.3. The highest BCUT2D eigenvalue weighted by molar-refractivity contribution is 7.89. The maximum Gasteiger partial charge on any atom is 0.257 e. The van der Waals surface area contributed by atoms with Gasteiger partial charge in [0.15, 0.2) is 0 Å². The fourth-order valence-corrected chi connectivity index (χ4v) is 4.83. The van der Waals surface area contributed by atoms with Gasteiger partial charge in [-0.1, -0.05) is 43.2 Å². The highest BCUT2D eigenvalue weighted by Gasteiger charge is 2.25. The molecule has 1 atom stereocenters. The molecule has 0 aromatic heterocycles. The molecule has 0 radical (unpaired) electrons. The van der Waals surface area contributed by atoms with Crippen LogP contribution in [-0.4, -0.2) is 39.4 Å². The molecule has 2 aromatic rings. The third-order valence-electron chi connectivity index (χ3n) is 5.24.